The SMILES string of the molecule is CCOC(=O)C1CCCN(C(=O)C2CC(c3ccccc3)CN(C(=O)c3ccc(OC)c(OC)c3)C2)C1. The number of hydrogen-bond acceptors (Lipinski definition) is 6. The van der Waals surface area contributed by atoms with Crippen LogP contribution < -0.4 is 9.47 Å². The number of nitrogens with zero attached hydrogens (tertiary/aromatic N) is 2. The summed E-state index contributed by atoms with van der Waals surface area (Å²) in [6.45, 7) is 3.96. The number of methoxy groups -OCH3 is 2. The number of hydrogen-bond donors (Lipinski definition) is 0. The molecular weight excluding hydrogens is 472 g/mol. The predicted molar refractivity (Wildman–Crippen MR) is 139 cm³/mol. The minimum atomic E-state index is -0.357. The summed E-state index contributed by atoms with van der Waals surface area (Å²) in [6, 6.07) is 15.1. The molecule has 198 valence electrons. The van der Waals surface area contributed by atoms with Crippen molar-refractivity contribution in [3.05, 3.63) is 59.7 Å². The van der Waals surface area contributed by atoms with E-state index in [0.717, 1.165) is 18.4 Å². The number of esters is 1. The number of carbonyl (C=O) groups excluding carboxylic acids is 3. The third-order valence-corrected chi connectivity index (χ3v) is 7.34. The molecule has 0 aromatic heterocycles. The second-order valence-electron chi connectivity index (χ2n) is 9.70. The minimum Gasteiger partial charge on any atom is -0.493 e. The summed E-state index contributed by atoms with van der Waals surface area (Å²) < 4.78 is 15.9. The first kappa shape index (κ1) is 26.5. The first-order valence-electron chi connectivity index (χ1n) is 13.0. The maximum absolute atomic E-state index is 13.7. The van der Waals surface area contributed by atoms with Crippen LogP contribution in [0.1, 0.15) is 48.0 Å². The van der Waals surface area contributed by atoms with Crippen molar-refractivity contribution in [2.45, 2.75) is 32.1 Å². The molecule has 3 unspecified atom stereocenters. The average molecular weight is 509 g/mol. The van der Waals surface area contributed by atoms with Gasteiger partial charge in [-0.2, -0.15) is 0 Å². The number of ether oxygens (including phenoxy) is 3. The Kier molecular flexibility index (Phi) is 8.69. The lowest BCUT2D eigenvalue weighted by molar-refractivity contribution is -0.152. The molecule has 37 heavy (non-hydrogen) atoms. The standard InChI is InChI=1S/C29H36N2O6/c1-4-37-29(34)22-11-8-14-30(17-22)28(33)24-15-23(20-9-6-5-7-10-20)18-31(19-24)27(32)21-12-13-25(35-2)26(16-21)36-3/h5-7,9-10,12-13,16,22-24H,4,8,11,14-15,17-19H2,1-3H3. The van der Waals surface area contributed by atoms with Gasteiger partial charge in [0.05, 0.1) is 32.7 Å². The second-order valence-corrected chi connectivity index (χ2v) is 9.70. The molecule has 2 aromatic rings. The largest absolute Gasteiger partial charge is 0.493 e. The molecule has 2 aliphatic rings. The van der Waals surface area contributed by atoms with E-state index < -0.39 is 0 Å². The van der Waals surface area contributed by atoms with Crippen molar-refractivity contribution in [3.8, 4) is 11.5 Å². The highest BCUT2D eigenvalue weighted by atomic mass is 16.5. The van der Waals surface area contributed by atoms with Crippen molar-refractivity contribution in [1.29, 1.82) is 0 Å². The van der Waals surface area contributed by atoms with Crippen molar-refractivity contribution in [1.82, 2.24) is 9.80 Å². The maximum atomic E-state index is 13.7. The fourth-order valence-corrected chi connectivity index (χ4v) is 5.45. The van der Waals surface area contributed by atoms with Gasteiger partial charge in [0.15, 0.2) is 11.5 Å². The lowest BCUT2D eigenvalue weighted by Gasteiger charge is -2.41. The Morgan fingerprint density at radius 3 is 2.32 bits per heavy atom. The van der Waals surface area contributed by atoms with Gasteiger partial charge in [-0.3, -0.25) is 14.4 Å². The van der Waals surface area contributed by atoms with Crippen LogP contribution in [0, 0.1) is 11.8 Å². The number of carbonyl (C=O) groups is 3. The Morgan fingerprint density at radius 2 is 1.62 bits per heavy atom. The van der Waals surface area contributed by atoms with Gasteiger partial charge in [-0.1, -0.05) is 30.3 Å². The van der Waals surface area contributed by atoms with E-state index in [9.17, 15) is 14.4 Å². The normalized spacial score (nSPS) is 21.8. The molecule has 0 aliphatic carbocycles. The molecule has 2 amide bonds. The van der Waals surface area contributed by atoms with Crippen molar-refractivity contribution in [3.63, 3.8) is 0 Å². The maximum Gasteiger partial charge on any atom is 0.310 e. The van der Waals surface area contributed by atoms with Gasteiger partial charge < -0.3 is 24.0 Å². The van der Waals surface area contributed by atoms with Crippen molar-refractivity contribution < 1.29 is 28.6 Å². The summed E-state index contributed by atoms with van der Waals surface area (Å²) in [7, 11) is 3.09. The molecule has 2 aromatic carbocycles. The van der Waals surface area contributed by atoms with Gasteiger partial charge in [0.25, 0.3) is 5.91 Å². The molecule has 3 atom stereocenters. The van der Waals surface area contributed by atoms with Gasteiger partial charge in [-0.05, 0) is 49.9 Å². The molecular formula is C29H36N2O6. The number of rotatable bonds is 7. The van der Waals surface area contributed by atoms with E-state index in [1.54, 1.807) is 42.0 Å². The predicted octanol–water partition coefficient (Wildman–Crippen LogP) is 3.75. The molecule has 8 heteroatoms. The third-order valence-electron chi connectivity index (χ3n) is 7.34. The molecule has 0 saturated carbocycles. The summed E-state index contributed by atoms with van der Waals surface area (Å²) in [5, 5.41) is 0. The Bertz CT molecular complexity index is 1100. The van der Waals surface area contributed by atoms with Gasteiger partial charge in [0.2, 0.25) is 5.91 Å². The molecule has 0 spiro atoms. The van der Waals surface area contributed by atoms with Crippen LogP contribution in [0.2, 0.25) is 0 Å². The number of amides is 2. The van der Waals surface area contributed by atoms with Crippen LogP contribution in [0.5, 0.6) is 11.5 Å². The summed E-state index contributed by atoms with van der Waals surface area (Å²) in [5.74, 6) is 0.0154. The van der Waals surface area contributed by atoms with E-state index in [2.05, 4.69) is 0 Å². The second kappa shape index (κ2) is 12.1. The topological polar surface area (TPSA) is 85.4 Å². The summed E-state index contributed by atoms with van der Waals surface area (Å²) in [4.78, 5) is 43.3. The summed E-state index contributed by atoms with van der Waals surface area (Å²) >= 11 is 0. The van der Waals surface area contributed by atoms with Gasteiger partial charge in [0, 0.05) is 37.7 Å². The fourth-order valence-electron chi connectivity index (χ4n) is 5.45. The Balaban J connectivity index is 1.57. The van der Waals surface area contributed by atoms with Crippen LogP contribution in [0.25, 0.3) is 0 Å². The monoisotopic (exact) mass is 508 g/mol. The van der Waals surface area contributed by atoms with Crippen LogP contribution in [0.4, 0.5) is 0 Å². The highest BCUT2D eigenvalue weighted by molar-refractivity contribution is 5.95. The van der Waals surface area contributed by atoms with E-state index in [0.29, 0.717) is 56.3 Å². The first-order chi connectivity index (χ1) is 17.9. The molecule has 8 nitrogen and oxygen atoms in total. The van der Waals surface area contributed by atoms with E-state index in [1.807, 2.05) is 30.3 Å². The van der Waals surface area contributed by atoms with E-state index in [4.69, 9.17) is 14.2 Å². The Hall–Kier alpha value is -3.55. The van der Waals surface area contributed by atoms with Gasteiger partial charge >= 0.3 is 5.97 Å². The molecule has 0 N–H and O–H groups in total. The third kappa shape index (κ3) is 6.06. The van der Waals surface area contributed by atoms with Crippen molar-refractivity contribution >= 4 is 17.8 Å². The molecule has 0 bridgehead atoms. The van der Waals surface area contributed by atoms with Gasteiger partial charge in [0.1, 0.15) is 0 Å². The van der Waals surface area contributed by atoms with E-state index in [1.165, 1.54) is 7.11 Å². The van der Waals surface area contributed by atoms with Gasteiger partial charge in [-0.25, -0.2) is 0 Å². The number of likely N-dealkylation sites (tertiary alicyclic amines) is 2. The van der Waals surface area contributed by atoms with Gasteiger partial charge in [-0.15, -0.1) is 0 Å². The Labute approximate surface area is 218 Å². The van der Waals surface area contributed by atoms with Crippen LogP contribution in [0.3, 0.4) is 0 Å². The van der Waals surface area contributed by atoms with E-state index in [-0.39, 0.29) is 35.5 Å². The fraction of sp³-hybridized carbons (Fsp3) is 0.483. The lowest BCUT2D eigenvalue weighted by atomic mass is 9.83. The average Bonchev–Trinajstić information content (AvgIpc) is 2.96. The van der Waals surface area contributed by atoms with E-state index >= 15 is 0 Å². The quantitative estimate of drug-likeness (QED) is 0.530. The van der Waals surface area contributed by atoms with Crippen LogP contribution >= 0.6 is 0 Å². The zero-order chi connectivity index (χ0) is 26.4. The molecule has 4 rings (SSSR count). The van der Waals surface area contributed by atoms with Crippen LogP contribution in [-0.2, 0) is 14.3 Å². The first-order valence-corrected chi connectivity index (χ1v) is 13.0. The molecule has 2 aliphatic heterocycles. The van der Waals surface area contributed by atoms with Crippen molar-refractivity contribution in [2.75, 3.05) is 47.0 Å². The van der Waals surface area contributed by atoms with Crippen molar-refractivity contribution in [2.24, 2.45) is 11.8 Å². The van der Waals surface area contributed by atoms with Crippen LogP contribution in [0.15, 0.2) is 48.5 Å². The summed E-state index contributed by atoms with van der Waals surface area (Å²) in [6.07, 6.45) is 2.14. The highest BCUT2D eigenvalue weighted by Gasteiger charge is 2.39. The molecule has 2 fully saturated rings. The smallest absolute Gasteiger partial charge is 0.310 e. The Morgan fingerprint density at radius 1 is 0.892 bits per heavy atom. The molecule has 2 heterocycles. The lowest BCUT2D eigenvalue weighted by Crippen LogP contribution is -2.51. The minimum absolute atomic E-state index is 0.000240. The number of piperidine rings is 2. The highest BCUT2D eigenvalue weighted by Crippen LogP contribution is 2.34. The zero-order valence-electron chi connectivity index (χ0n) is 21.9. The molecule has 0 radical (unpaired) electrons. The molecule has 2 saturated heterocycles. The summed E-state index contributed by atoms with van der Waals surface area (Å²) in [5.41, 5.74) is 1.59. The number of benzene rings is 2. The van der Waals surface area contributed by atoms with Crippen LogP contribution in [-0.4, -0.2) is 74.6 Å². The zero-order valence-corrected chi connectivity index (χ0v) is 21.9.